The molecule has 2 amide bonds. The van der Waals surface area contributed by atoms with E-state index >= 15 is 0 Å². The fraction of sp³-hybridized carbons (Fsp3) is 0.333. The Hall–Kier alpha value is -2.66. The molecule has 2 rings (SSSR count). The maximum Gasteiger partial charge on any atom is 0.240 e. The van der Waals surface area contributed by atoms with Crippen molar-refractivity contribution < 1.29 is 9.59 Å². The SMILES string of the molecule is CCCC[C@H](N)C(=O)NCC(=O)NC(c1ccccc1)c1ccccc1. The van der Waals surface area contributed by atoms with E-state index in [1.807, 2.05) is 67.6 Å². The Morgan fingerprint density at radius 2 is 1.50 bits per heavy atom. The minimum absolute atomic E-state index is 0.0885. The van der Waals surface area contributed by atoms with Crippen molar-refractivity contribution in [3.8, 4) is 0 Å². The summed E-state index contributed by atoms with van der Waals surface area (Å²) < 4.78 is 0. The molecule has 0 aromatic heterocycles. The van der Waals surface area contributed by atoms with E-state index in [4.69, 9.17) is 5.73 Å². The highest BCUT2D eigenvalue weighted by atomic mass is 16.2. The lowest BCUT2D eigenvalue weighted by atomic mass is 9.99. The van der Waals surface area contributed by atoms with Crippen LogP contribution in [0.5, 0.6) is 0 Å². The van der Waals surface area contributed by atoms with Crippen molar-refractivity contribution in [3.63, 3.8) is 0 Å². The molecule has 138 valence electrons. The first-order valence-electron chi connectivity index (χ1n) is 9.04. The van der Waals surface area contributed by atoms with Crippen LogP contribution in [-0.4, -0.2) is 24.4 Å². The molecule has 0 aliphatic rings. The van der Waals surface area contributed by atoms with E-state index in [2.05, 4.69) is 10.6 Å². The van der Waals surface area contributed by atoms with Gasteiger partial charge in [-0.2, -0.15) is 0 Å². The lowest BCUT2D eigenvalue weighted by Gasteiger charge is -2.20. The Labute approximate surface area is 155 Å². The summed E-state index contributed by atoms with van der Waals surface area (Å²) in [6.07, 6.45) is 2.50. The van der Waals surface area contributed by atoms with Crippen molar-refractivity contribution >= 4 is 11.8 Å². The number of hydrogen-bond donors (Lipinski definition) is 3. The van der Waals surface area contributed by atoms with Crippen molar-refractivity contribution in [2.45, 2.75) is 38.3 Å². The Balaban J connectivity index is 1.98. The molecule has 26 heavy (non-hydrogen) atoms. The zero-order valence-electron chi connectivity index (χ0n) is 15.2. The predicted octanol–water partition coefficient (Wildman–Crippen LogP) is 2.53. The Kier molecular flexibility index (Phi) is 7.83. The first kappa shape index (κ1) is 19.7. The summed E-state index contributed by atoms with van der Waals surface area (Å²) >= 11 is 0. The highest BCUT2D eigenvalue weighted by molar-refractivity contribution is 5.87. The van der Waals surface area contributed by atoms with Gasteiger partial charge in [-0.1, -0.05) is 80.4 Å². The summed E-state index contributed by atoms with van der Waals surface area (Å²) in [5, 5.41) is 5.62. The molecule has 0 bridgehead atoms. The molecule has 0 saturated carbocycles. The van der Waals surface area contributed by atoms with Gasteiger partial charge < -0.3 is 16.4 Å². The summed E-state index contributed by atoms with van der Waals surface area (Å²) in [6.45, 7) is 1.96. The molecule has 0 radical (unpaired) electrons. The Morgan fingerprint density at radius 1 is 0.962 bits per heavy atom. The van der Waals surface area contributed by atoms with Crippen LogP contribution < -0.4 is 16.4 Å². The normalized spacial score (nSPS) is 11.8. The number of rotatable bonds is 9. The first-order chi connectivity index (χ1) is 12.6. The van der Waals surface area contributed by atoms with E-state index < -0.39 is 6.04 Å². The van der Waals surface area contributed by atoms with Crippen LogP contribution >= 0.6 is 0 Å². The second kappa shape index (κ2) is 10.4. The molecule has 5 nitrogen and oxygen atoms in total. The summed E-state index contributed by atoms with van der Waals surface area (Å²) in [5.74, 6) is -0.539. The zero-order valence-corrected chi connectivity index (χ0v) is 15.2. The van der Waals surface area contributed by atoms with E-state index in [-0.39, 0.29) is 24.4 Å². The zero-order chi connectivity index (χ0) is 18.8. The second-order valence-corrected chi connectivity index (χ2v) is 6.29. The minimum atomic E-state index is -0.568. The maximum atomic E-state index is 12.4. The smallest absolute Gasteiger partial charge is 0.240 e. The van der Waals surface area contributed by atoms with Crippen LogP contribution in [0.3, 0.4) is 0 Å². The molecule has 2 aromatic rings. The van der Waals surface area contributed by atoms with Gasteiger partial charge in [0.2, 0.25) is 11.8 Å². The van der Waals surface area contributed by atoms with E-state index in [1.54, 1.807) is 0 Å². The number of amides is 2. The van der Waals surface area contributed by atoms with Gasteiger partial charge in [0.25, 0.3) is 0 Å². The quantitative estimate of drug-likeness (QED) is 0.648. The predicted molar refractivity (Wildman–Crippen MR) is 103 cm³/mol. The number of carbonyl (C=O) groups excluding carboxylic acids is 2. The molecular weight excluding hydrogens is 326 g/mol. The van der Waals surface area contributed by atoms with Gasteiger partial charge in [0, 0.05) is 0 Å². The molecule has 0 unspecified atom stereocenters. The first-order valence-corrected chi connectivity index (χ1v) is 9.04. The van der Waals surface area contributed by atoms with Crippen LogP contribution in [0.4, 0.5) is 0 Å². The van der Waals surface area contributed by atoms with Gasteiger partial charge >= 0.3 is 0 Å². The van der Waals surface area contributed by atoms with Crippen molar-refractivity contribution in [2.24, 2.45) is 5.73 Å². The van der Waals surface area contributed by atoms with Crippen LogP contribution in [0.15, 0.2) is 60.7 Å². The number of hydrogen-bond acceptors (Lipinski definition) is 3. The third kappa shape index (κ3) is 6.01. The molecule has 0 aliphatic heterocycles. The van der Waals surface area contributed by atoms with Crippen LogP contribution in [0.2, 0.25) is 0 Å². The van der Waals surface area contributed by atoms with Gasteiger partial charge in [0.05, 0.1) is 18.6 Å². The van der Waals surface area contributed by atoms with Crippen molar-refractivity contribution in [2.75, 3.05) is 6.54 Å². The monoisotopic (exact) mass is 353 g/mol. The highest BCUT2D eigenvalue weighted by Crippen LogP contribution is 2.21. The van der Waals surface area contributed by atoms with Crippen LogP contribution in [0, 0.1) is 0 Å². The lowest BCUT2D eigenvalue weighted by molar-refractivity contribution is -0.127. The lowest BCUT2D eigenvalue weighted by Crippen LogP contribution is -2.45. The van der Waals surface area contributed by atoms with Crippen LogP contribution in [0.25, 0.3) is 0 Å². The fourth-order valence-electron chi connectivity index (χ4n) is 2.72. The van der Waals surface area contributed by atoms with Crippen LogP contribution in [0.1, 0.15) is 43.4 Å². The van der Waals surface area contributed by atoms with Crippen molar-refractivity contribution in [1.82, 2.24) is 10.6 Å². The molecule has 0 saturated heterocycles. The standard InChI is InChI=1S/C21H27N3O2/c1-2-3-14-18(22)21(26)23-15-19(25)24-20(16-10-6-4-7-11-16)17-12-8-5-9-13-17/h4-13,18,20H,2-3,14-15,22H2,1H3,(H,23,26)(H,24,25)/t18-/m0/s1. The summed E-state index contributed by atoms with van der Waals surface area (Å²) in [7, 11) is 0. The molecule has 0 spiro atoms. The summed E-state index contributed by atoms with van der Waals surface area (Å²) in [6, 6.07) is 18.7. The largest absolute Gasteiger partial charge is 0.346 e. The van der Waals surface area contributed by atoms with Gasteiger partial charge in [-0.3, -0.25) is 9.59 Å². The topological polar surface area (TPSA) is 84.2 Å². The van der Waals surface area contributed by atoms with Crippen molar-refractivity contribution in [3.05, 3.63) is 71.8 Å². The maximum absolute atomic E-state index is 12.4. The fourth-order valence-corrected chi connectivity index (χ4v) is 2.72. The molecule has 1 atom stereocenters. The van der Waals surface area contributed by atoms with E-state index in [9.17, 15) is 9.59 Å². The average Bonchev–Trinajstić information content (AvgIpc) is 2.69. The summed E-state index contributed by atoms with van der Waals surface area (Å²) in [4.78, 5) is 24.3. The van der Waals surface area contributed by atoms with Gasteiger partial charge in [0.15, 0.2) is 0 Å². The number of nitrogens with one attached hydrogen (secondary N) is 2. The highest BCUT2D eigenvalue weighted by Gasteiger charge is 2.18. The molecule has 0 heterocycles. The minimum Gasteiger partial charge on any atom is -0.346 e. The number of nitrogens with two attached hydrogens (primary N) is 1. The Morgan fingerprint density at radius 3 is 2.00 bits per heavy atom. The number of carbonyl (C=O) groups is 2. The third-order valence-electron chi connectivity index (χ3n) is 4.20. The number of benzene rings is 2. The molecule has 5 heteroatoms. The van der Waals surface area contributed by atoms with E-state index in [1.165, 1.54) is 0 Å². The van der Waals surface area contributed by atoms with Gasteiger partial charge in [-0.05, 0) is 17.5 Å². The number of unbranched alkanes of at least 4 members (excludes halogenated alkanes) is 1. The third-order valence-corrected chi connectivity index (χ3v) is 4.20. The molecule has 2 aromatic carbocycles. The van der Waals surface area contributed by atoms with Gasteiger partial charge in [-0.25, -0.2) is 0 Å². The van der Waals surface area contributed by atoms with Crippen LogP contribution in [-0.2, 0) is 9.59 Å². The Bertz CT molecular complexity index is 649. The molecule has 0 fully saturated rings. The molecular formula is C21H27N3O2. The summed E-state index contributed by atoms with van der Waals surface area (Å²) in [5.41, 5.74) is 7.80. The van der Waals surface area contributed by atoms with Crippen molar-refractivity contribution in [1.29, 1.82) is 0 Å². The average molecular weight is 353 g/mol. The molecule has 0 aliphatic carbocycles. The van der Waals surface area contributed by atoms with Gasteiger partial charge in [-0.15, -0.1) is 0 Å². The second-order valence-electron chi connectivity index (χ2n) is 6.29. The van der Waals surface area contributed by atoms with E-state index in [0.717, 1.165) is 24.0 Å². The van der Waals surface area contributed by atoms with E-state index in [0.29, 0.717) is 6.42 Å². The van der Waals surface area contributed by atoms with Gasteiger partial charge in [0.1, 0.15) is 0 Å². The molecule has 4 N–H and O–H groups in total.